The van der Waals surface area contributed by atoms with E-state index in [4.69, 9.17) is 18.9 Å². The number of benzene rings is 2. The molecule has 0 unspecified atom stereocenters. The van der Waals surface area contributed by atoms with Gasteiger partial charge in [-0.25, -0.2) is 0 Å². The van der Waals surface area contributed by atoms with Crippen molar-refractivity contribution < 1.29 is 23.7 Å². The van der Waals surface area contributed by atoms with Crippen LogP contribution in [0.3, 0.4) is 0 Å². The smallest absolute Gasteiger partial charge is 0.258 e. The number of aromatic nitrogens is 2. The molecule has 0 fully saturated rings. The molecule has 0 saturated heterocycles. The normalized spacial score (nSPS) is 10.3. The first-order valence-corrected chi connectivity index (χ1v) is 9.85. The van der Waals surface area contributed by atoms with E-state index < -0.39 is 0 Å². The summed E-state index contributed by atoms with van der Waals surface area (Å²) < 4.78 is 21.5. The monoisotopic (exact) mass is 423 g/mol. The summed E-state index contributed by atoms with van der Waals surface area (Å²) in [5.41, 5.74) is 2.00. The van der Waals surface area contributed by atoms with Crippen LogP contribution in [0.4, 0.5) is 0 Å². The van der Waals surface area contributed by atoms with Gasteiger partial charge < -0.3 is 24.3 Å². The van der Waals surface area contributed by atoms with Crippen LogP contribution in [0.25, 0.3) is 11.3 Å². The minimum absolute atomic E-state index is 0.236. The lowest BCUT2D eigenvalue weighted by molar-refractivity contribution is 0.0940. The van der Waals surface area contributed by atoms with E-state index in [2.05, 4.69) is 15.5 Å². The Balaban J connectivity index is 1.52. The third-order valence-electron chi connectivity index (χ3n) is 4.39. The molecule has 31 heavy (non-hydrogen) atoms. The van der Waals surface area contributed by atoms with Gasteiger partial charge >= 0.3 is 0 Å². The second-order valence-corrected chi connectivity index (χ2v) is 6.36. The van der Waals surface area contributed by atoms with Crippen LogP contribution >= 0.6 is 0 Å². The van der Waals surface area contributed by atoms with Crippen molar-refractivity contribution in [3.8, 4) is 34.4 Å². The zero-order valence-corrected chi connectivity index (χ0v) is 17.8. The standard InChI is InChI=1S/C23H25N3O5/c1-4-30-17-10-8-16(9-11-17)18-12-13-21(26-25-18)31-15-14-24-23(27)22-19(28-2)6-5-7-20(22)29-3/h5-13H,4,14-15H2,1-3H3,(H,24,27). The minimum atomic E-state index is -0.310. The number of rotatable bonds is 10. The van der Waals surface area contributed by atoms with Crippen molar-refractivity contribution in [3.63, 3.8) is 0 Å². The van der Waals surface area contributed by atoms with Crippen molar-refractivity contribution >= 4 is 5.91 Å². The van der Waals surface area contributed by atoms with Crippen LogP contribution < -0.4 is 24.3 Å². The number of ether oxygens (including phenoxy) is 4. The van der Waals surface area contributed by atoms with Gasteiger partial charge in [0.2, 0.25) is 5.88 Å². The molecule has 162 valence electrons. The van der Waals surface area contributed by atoms with E-state index >= 15 is 0 Å². The van der Waals surface area contributed by atoms with Gasteiger partial charge in [-0.1, -0.05) is 6.07 Å². The molecule has 1 aromatic heterocycles. The molecule has 0 bridgehead atoms. The molecule has 0 spiro atoms. The van der Waals surface area contributed by atoms with Gasteiger partial charge in [-0.2, -0.15) is 0 Å². The van der Waals surface area contributed by atoms with E-state index in [1.54, 1.807) is 24.3 Å². The third-order valence-corrected chi connectivity index (χ3v) is 4.39. The molecule has 2 aromatic carbocycles. The molecule has 0 aliphatic carbocycles. The summed E-state index contributed by atoms with van der Waals surface area (Å²) in [6, 6.07) is 16.4. The lowest BCUT2D eigenvalue weighted by Gasteiger charge is -2.13. The van der Waals surface area contributed by atoms with Gasteiger partial charge in [-0.3, -0.25) is 4.79 Å². The van der Waals surface area contributed by atoms with Crippen LogP contribution in [0.15, 0.2) is 54.6 Å². The van der Waals surface area contributed by atoms with Crippen molar-refractivity contribution in [2.24, 2.45) is 0 Å². The largest absolute Gasteiger partial charge is 0.496 e. The molecule has 3 rings (SSSR count). The average Bonchev–Trinajstić information content (AvgIpc) is 2.82. The topological polar surface area (TPSA) is 91.8 Å². The highest BCUT2D eigenvalue weighted by Gasteiger charge is 2.17. The predicted octanol–water partition coefficient (Wildman–Crippen LogP) is 3.37. The van der Waals surface area contributed by atoms with Gasteiger partial charge in [-0.15, -0.1) is 10.2 Å². The summed E-state index contributed by atoms with van der Waals surface area (Å²) in [7, 11) is 3.01. The van der Waals surface area contributed by atoms with E-state index in [1.165, 1.54) is 14.2 Å². The first kappa shape index (κ1) is 21.9. The maximum Gasteiger partial charge on any atom is 0.258 e. The maximum atomic E-state index is 12.5. The first-order chi connectivity index (χ1) is 15.2. The second kappa shape index (κ2) is 10.8. The Labute approximate surface area is 181 Å². The molecule has 0 aliphatic heterocycles. The molecule has 1 N–H and O–H groups in total. The summed E-state index contributed by atoms with van der Waals surface area (Å²) >= 11 is 0. The Kier molecular flexibility index (Phi) is 7.64. The number of methoxy groups -OCH3 is 2. The van der Waals surface area contributed by atoms with Crippen molar-refractivity contribution in [2.75, 3.05) is 34.0 Å². The Morgan fingerprint density at radius 3 is 2.19 bits per heavy atom. The number of nitrogens with zero attached hydrogens (tertiary/aromatic N) is 2. The van der Waals surface area contributed by atoms with Gasteiger partial charge in [0.15, 0.2) is 0 Å². The highest BCUT2D eigenvalue weighted by Crippen LogP contribution is 2.28. The number of hydrogen-bond acceptors (Lipinski definition) is 7. The fourth-order valence-corrected chi connectivity index (χ4v) is 2.92. The van der Waals surface area contributed by atoms with Crippen molar-refractivity contribution in [1.82, 2.24) is 15.5 Å². The molecule has 0 aliphatic rings. The Bertz CT molecular complexity index is 969. The van der Waals surface area contributed by atoms with E-state index in [0.717, 1.165) is 17.0 Å². The van der Waals surface area contributed by atoms with Gasteiger partial charge in [0.05, 0.1) is 33.1 Å². The molecule has 3 aromatic rings. The summed E-state index contributed by atoms with van der Waals surface area (Å²) in [5.74, 6) is 1.75. The van der Waals surface area contributed by atoms with Crippen LogP contribution in [0, 0.1) is 0 Å². The zero-order chi connectivity index (χ0) is 22.1. The molecular weight excluding hydrogens is 398 g/mol. The number of carbonyl (C=O) groups is 1. The average molecular weight is 423 g/mol. The summed E-state index contributed by atoms with van der Waals surface area (Å²) in [6.45, 7) is 3.08. The highest BCUT2D eigenvalue weighted by molar-refractivity contribution is 5.99. The van der Waals surface area contributed by atoms with Gasteiger partial charge in [0.25, 0.3) is 5.91 Å². The fraction of sp³-hybridized carbons (Fsp3) is 0.261. The number of nitrogens with one attached hydrogen (secondary N) is 1. The highest BCUT2D eigenvalue weighted by atomic mass is 16.5. The Morgan fingerprint density at radius 2 is 1.61 bits per heavy atom. The van der Waals surface area contributed by atoms with Crippen molar-refractivity contribution in [1.29, 1.82) is 0 Å². The number of amides is 1. The summed E-state index contributed by atoms with van der Waals surface area (Å²) in [5, 5.41) is 11.1. The number of carbonyl (C=O) groups excluding carboxylic acids is 1. The molecule has 8 nitrogen and oxygen atoms in total. The third kappa shape index (κ3) is 5.63. The SMILES string of the molecule is CCOc1ccc(-c2ccc(OCCNC(=O)c3c(OC)cccc3OC)nn2)cc1. The predicted molar refractivity (Wildman–Crippen MR) is 116 cm³/mol. The van der Waals surface area contributed by atoms with Crippen LogP contribution in [-0.2, 0) is 0 Å². The van der Waals surface area contributed by atoms with Crippen LogP contribution in [0.1, 0.15) is 17.3 Å². The van der Waals surface area contributed by atoms with Crippen LogP contribution in [-0.4, -0.2) is 50.1 Å². The maximum absolute atomic E-state index is 12.5. The first-order valence-electron chi connectivity index (χ1n) is 9.85. The molecule has 0 atom stereocenters. The number of hydrogen-bond donors (Lipinski definition) is 1. The Hall–Kier alpha value is -3.81. The van der Waals surface area contributed by atoms with Gasteiger partial charge in [0.1, 0.15) is 29.4 Å². The summed E-state index contributed by atoms with van der Waals surface area (Å²) in [4.78, 5) is 12.5. The molecule has 1 amide bonds. The molecule has 0 saturated carbocycles. The molecule has 8 heteroatoms. The van der Waals surface area contributed by atoms with Gasteiger partial charge in [0, 0.05) is 11.6 Å². The van der Waals surface area contributed by atoms with E-state index in [9.17, 15) is 4.79 Å². The molecule has 1 heterocycles. The van der Waals surface area contributed by atoms with E-state index in [-0.39, 0.29) is 19.1 Å². The lowest BCUT2D eigenvalue weighted by atomic mass is 10.1. The van der Waals surface area contributed by atoms with Crippen LogP contribution in [0.2, 0.25) is 0 Å². The van der Waals surface area contributed by atoms with Crippen molar-refractivity contribution in [2.45, 2.75) is 6.92 Å². The quantitative estimate of drug-likeness (QED) is 0.500. The van der Waals surface area contributed by atoms with Gasteiger partial charge in [-0.05, 0) is 49.4 Å². The fourth-order valence-electron chi connectivity index (χ4n) is 2.92. The lowest BCUT2D eigenvalue weighted by Crippen LogP contribution is -2.29. The minimum Gasteiger partial charge on any atom is -0.496 e. The molecular formula is C23H25N3O5. The van der Waals surface area contributed by atoms with Crippen LogP contribution in [0.5, 0.6) is 23.1 Å². The second-order valence-electron chi connectivity index (χ2n) is 6.36. The zero-order valence-electron chi connectivity index (χ0n) is 17.8. The van der Waals surface area contributed by atoms with Crippen molar-refractivity contribution in [3.05, 3.63) is 60.2 Å². The van der Waals surface area contributed by atoms with E-state index in [0.29, 0.717) is 29.5 Å². The van der Waals surface area contributed by atoms with E-state index in [1.807, 2.05) is 37.3 Å². The summed E-state index contributed by atoms with van der Waals surface area (Å²) in [6.07, 6.45) is 0. The Morgan fingerprint density at radius 1 is 0.903 bits per heavy atom. The molecule has 0 radical (unpaired) electrons.